The Morgan fingerprint density at radius 3 is 1.77 bits per heavy atom. The lowest BCUT2D eigenvalue weighted by Crippen LogP contribution is -2.56. The molecule has 6 aromatic rings. The molecule has 436 valence electrons. The number of nitrogen functional groups attached to an aromatic ring is 1. The van der Waals surface area contributed by atoms with Crippen LogP contribution in [-0.4, -0.2) is 124 Å². The van der Waals surface area contributed by atoms with E-state index in [2.05, 4.69) is 50.3 Å². The largest absolute Gasteiger partial charge is 0.461 e. The number of ether oxygens (including phenoxy) is 6. The van der Waals surface area contributed by atoms with Crippen LogP contribution in [0.1, 0.15) is 64.5 Å². The molecule has 10 heterocycles. The summed E-state index contributed by atoms with van der Waals surface area (Å²) in [6.45, 7) is 12.1. The number of rotatable bonds is 9. The zero-order chi connectivity index (χ0) is 58.1. The third kappa shape index (κ3) is 13.9. The Bertz CT molecular complexity index is 3260. The van der Waals surface area contributed by atoms with Crippen LogP contribution in [0.4, 0.5) is 65.5 Å². The topological polar surface area (TPSA) is 210 Å². The Labute approximate surface area is 477 Å². The summed E-state index contributed by atoms with van der Waals surface area (Å²) in [6.07, 6.45) is 0.355. The third-order valence-corrected chi connectivity index (χ3v) is 14.5. The number of nitrogens with two attached hydrogens (primary N) is 1. The van der Waals surface area contributed by atoms with Gasteiger partial charge in [-0.2, -0.15) is 26.3 Å². The van der Waals surface area contributed by atoms with Crippen molar-refractivity contribution < 1.29 is 59.6 Å². The molecule has 4 saturated heterocycles. The summed E-state index contributed by atoms with van der Waals surface area (Å²) < 4.78 is 112. The van der Waals surface area contributed by atoms with Gasteiger partial charge in [-0.1, -0.05) is 47.5 Å². The minimum absolute atomic E-state index is 0.0869. The summed E-state index contributed by atoms with van der Waals surface area (Å²) in [5.41, 5.74) is 7.44. The molecule has 27 heteroatoms. The van der Waals surface area contributed by atoms with Crippen molar-refractivity contribution in [2.24, 2.45) is 0 Å². The standard InChI is InChI=1S/C28H28ClF3N6O4.C17H15ClF3N3.C10H15N3O3/c1-27(2)41-15-20(42-27)14-40-25-33-11-18(12-34-25)35-26(39)38-19-7-4-8-37(13-19)22-10-21(29)23(36-24(22)38)16-5-3-6-17(9-16)28(30,31)32;18-13-8-14-16(22-12-5-2-6-24(14)9-12)23-15(13)10-3-1-4-11(7-10)17(19,20)21;1-10(2)15-6-8(16-10)5-14-9-12-3-7(11)4-13-9/h3,5-6,9-12,19-20H,4,7-8,13-15H2,1-2H3,(H,35,39);1,3-4,7-8,12H,2,5-6,9H2,(H,22,23);3-4,8H,5-6,11H2,1-2H3/t19-,20+;12-;8-/m001/s1. The fourth-order valence-corrected chi connectivity index (χ4v) is 10.7. The number of benzene rings is 2. The maximum absolute atomic E-state index is 13.7. The van der Waals surface area contributed by atoms with Gasteiger partial charge >= 0.3 is 30.4 Å². The van der Waals surface area contributed by atoms with Crippen molar-refractivity contribution in [2.45, 2.75) is 102 Å². The van der Waals surface area contributed by atoms with Crippen LogP contribution in [0.3, 0.4) is 0 Å². The molecule has 19 nitrogen and oxygen atoms in total. The number of hydrogen-bond donors (Lipinski definition) is 3. The Morgan fingerprint density at radius 2 is 1.23 bits per heavy atom. The smallest absolute Gasteiger partial charge is 0.416 e. The van der Waals surface area contributed by atoms with Crippen LogP contribution in [0.2, 0.25) is 10.0 Å². The first-order chi connectivity index (χ1) is 38.9. The van der Waals surface area contributed by atoms with Gasteiger partial charge in [0.2, 0.25) is 0 Å². The van der Waals surface area contributed by atoms with E-state index in [1.54, 1.807) is 23.1 Å². The monoisotopic (exact) mass is 1180 g/mol. The molecule has 6 aliphatic rings. The zero-order valence-electron chi connectivity index (χ0n) is 44.9. The van der Waals surface area contributed by atoms with Crippen molar-refractivity contribution in [3.63, 3.8) is 0 Å². The number of fused-ring (bicyclic) bond motifs is 8. The van der Waals surface area contributed by atoms with Gasteiger partial charge in [0.15, 0.2) is 23.2 Å². The van der Waals surface area contributed by atoms with Crippen LogP contribution in [0, 0.1) is 0 Å². The van der Waals surface area contributed by atoms with E-state index in [4.69, 9.17) is 57.4 Å². The molecule has 2 amide bonds. The minimum Gasteiger partial charge on any atom is -0.461 e. The number of urea groups is 1. The molecule has 4 fully saturated rings. The summed E-state index contributed by atoms with van der Waals surface area (Å²) in [5, 5.41) is 6.75. The number of hydrogen-bond acceptors (Lipinski definition) is 17. The van der Waals surface area contributed by atoms with Crippen molar-refractivity contribution in [1.82, 2.24) is 29.9 Å². The van der Waals surface area contributed by atoms with Crippen LogP contribution in [0.5, 0.6) is 12.0 Å². The van der Waals surface area contributed by atoms with Crippen LogP contribution in [0.15, 0.2) is 85.5 Å². The number of carbonyl (C=O) groups excluding carboxylic acids is 1. The average Bonchev–Trinajstić information content (AvgIpc) is 4.16. The molecule has 12 rings (SSSR count). The molecule has 4 bridgehead atoms. The summed E-state index contributed by atoms with van der Waals surface area (Å²) in [6, 6.07) is 13.5. The maximum Gasteiger partial charge on any atom is 0.416 e. The Kier molecular flexibility index (Phi) is 16.8. The van der Waals surface area contributed by atoms with E-state index < -0.39 is 41.1 Å². The van der Waals surface area contributed by atoms with Gasteiger partial charge in [0, 0.05) is 43.3 Å². The summed E-state index contributed by atoms with van der Waals surface area (Å²) in [5.74, 6) is -0.180. The molecule has 0 unspecified atom stereocenters. The molecule has 2 aromatic carbocycles. The minimum atomic E-state index is -4.52. The van der Waals surface area contributed by atoms with E-state index in [0.29, 0.717) is 83.4 Å². The van der Waals surface area contributed by atoms with Crippen molar-refractivity contribution in [3.05, 3.63) is 107 Å². The van der Waals surface area contributed by atoms with Crippen molar-refractivity contribution in [3.8, 4) is 34.5 Å². The van der Waals surface area contributed by atoms with Gasteiger partial charge in [0.05, 0.1) is 99.4 Å². The Hall–Kier alpha value is -7.03. The molecule has 0 aliphatic carbocycles. The number of amides is 2. The van der Waals surface area contributed by atoms with Crippen LogP contribution in [-0.2, 0) is 31.3 Å². The maximum atomic E-state index is 13.7. The van der Waals surface area contributed by atoms with Gasteiger partial charge in [-0.3, -0.25) is 4.90 Å². The molecule has 4 aromatic heterocycles. The highest BCUT2D eigenvalue weighted by Gasteiger charge is 2.41. The summed E-state index contributed by atoms with van der Waals surface area (Å²) in [7, 11) is 0. The van der Waals surface area contributed by atoms with Gasteiger partial charge in [-0.05, 0) is 89.8 Å². The fraction of sp³-hybridized carbons (Fsp3) is 0.436. The quantitative estimate of drug-likeness (QED) is 0.115. The van der Waals surface area contributed by atoms with E-state index in [0.717, 1.165) is 75.3 Å². The van der Waals surface area contributed by atoms with Gasteiger partial charge in [0.1, 0.15) is 25.4 Å². The van der Waals surface area contributed by atoms with Crippen LogP contribution >= 0.6 is 23.2 Å². The second-order valence-electron chi connectivity index (χ2n) is 21.1. The average molecular weight is 1180 g/mol. The van der Waals surface area contributed by atoms with Gasteiger partial charge in [-0.15, -0.1) is 0 Å². The lowest BCUT2D eigenvalue weighted by atomic mass is 9.99. The van der Waals surface area contributed by atoms with E-state index >= 15 is 0 Å². The van der Waals surface area contributed by atoms with Crippen molar-refractivity contribution >= 4 is 63.6 Å². The number of anilines is 6. The van der Waals surface area contributed by atoms with Gasteiger partial charge in [-0.25, -0.2) is 34.7 Å². The Morgan fingerprint density at radius 1 is 0.720 bits per heavy atom. The normalized spacial score (nSPS) is 21.1. The number of pyridine rings is 2. The number of alkyl halides is 6. The number of nitrogens with zero attached hydrogens (tertiary/aromatic N) is 9. The predicted octanol–water partition coefficient (Wildman–Crippen LogP) is 11.2. The molecule has 6 aliphatic heterocycles. The number of halogens is 8. The lowest BCUT2D eigenvalue weighted by molar-refractivity contribution is -0.142. The lowest BCUT2D eigenvalue weighted by Gasteiger charge is -2.46. The zero-order valence-corrected chi connectivity index (χ0v) is 46.4. The Balaban J connectivity index is 0.000000157. The third-order valence-electron chi connectivity index (χ3n) is 13.9. The van der Waals surface area contributed by atoms with Gasteiger partial charge < -0.3 is 54.6 Å². The SMILES string of the molecule is CC1(C)OC[C@@H](COc2ncc(N)cn2)O1.CC1(C)OC[C@@H](COc2ncc(NC(=O)N3c4nc(-c5cccc(C(F)(F)F)c5)c(Cl)cc4N4CCC[C@H]3C4)cn2)O1.FC(F)(F)c1cccc(-c2nc3c(cc2Cl)N2CCC[C@@H](C2)N3)c1. The van der Waals surface area contributed by atoms with Crippen LogP contribution in [0.25, 0.3) is 22.5 Å². The first-order valence-electron chi connectivity index (χ1n) is 26.4. The first kappa shape index (κ1) is 58.2. The van der Waals surface area contributed by atoms with E-state index in [-0.39, 0.29) is 47.1 Å². The molecule has 0 spiro atoms. The fourth-order valence-electron chi connectivity index (χ4n) is 10.2. The number of carbonyl (C=O) groups is 1. The van der Waals surface area contributed by atoms with E-state index in [1.807, 2.05) is 27.7 Å². The van der Waals surface area contributed by atoms with Crippen LogP contribution < -0.4 is 40.5 Å². The van der Waals surface area contributed by atoms with Crippen molar-refractivity contribution in [1.29, 1.82) is 0 Å². The molecular formula is C55H58Cl2F6N12O7. The molecular weight excluding hydrogens is 1130 g/mol. The molecule has 0 saturated carbocycles. The van der Waals surface area contributed by atoms with E-state index in [9.17, 15) is 31.1 Å². The summed E-state index contributed by atoms with van der Waals surface area (Å²) >= 11 is 12.9. The number of aromatic nitrogens is 6. The van der Waals surface area contributed by atoms with Crippen molar-refractivity contribution in [2.75, 3.05) is 83.7 Å². The molecule has 82 heavy (non-hydrogen) atoms. The molecule has 4 N–H and O–H groups in total. The first-order valence-corrected chi connectivity index (χ1v) is 27.1. The molecule has 0 radical (unpaired) electrons. The predicted molar refractivity (Wildman–Crippen MR) is 294 cm³/mol. The second-order valence-corrected chi connectivity index (χ2v) is 21.9. The second kappa shape index (κ2) is 23.7. The number of nitrogens with one attached hydrogen (secondary N) is 2. The van der Waals surface area contributed by atoms with Gasteiger partial charge in [0.25, 0.3) is 0 Å². The van der Waals surface area contributed by atoms with E-state index in [1.165, 1.54) is 43.0 Å². The highest BCUT2D eigenvalue weighted by atomic mass is 35.5. The molecule has 4 atom stereocenters. The highest BCUT2D eigenvalue weighted by molar-refractivity contribution is 6.34. The summed E-state index contributed by atoms with van der Waals surface area (Å²) in [4.78, 5) is 44.9. The number of piperidine rings is 2. The highest BCUT2D eigenvalue weighted by Crippen LogP contribution is 2.44.